The van der Waals surface area contributed by atoms with Gasteiger partial charge < -0.3 is 5.73 Å². The highest BCUT2D eigenvalue weighted by atomic mass is 16.2. The van der Waals surface area contributed by atoms with E-state index in [0.29, 0.717) is 11.3 Å². The molecule has 76 valence electrons. The molecular formula is C9H9N5O. The van der Waals surface area contributed by atoms with E-state index < -0.39 is 0 Å². The number of aromatic nitrogens is 3. The van der Waals surface area contributed by atoms with Crippen molar-refractivity contribution in [3.05, 3.63) is 42.5 Å². The Morgan fingerprint density at radius 3 is 2.40 bits per heavy atom. The molecule has 6 nitrogen and oxygen atoms in total. The van der Waals surface area contributed by atoms with E-state index in [9.17, 15) is 4.79 Å². The van der Waals surface area contributed by atoms with Gasteiger partial charge in [0, 0.05) is 11.3 Å². The maximum Gasteiger partial charge on any atom is 0.270 e. The minimum Gasteiger partial charge on any atom is -0.399 e. The Labute approximate surface area is 85.7 Å². The van der Waals surface area contributed by atoms with Crippen LogP contribution in [0.25, 0.3) is 0 Å². The number of nitrogen functional groups attached to an aromatic ring is 1. The van der Waals surface area contributed by atoms with E-state index in [0.717, 1.165) is 0 Å². The number of rotatable bonds is 2. The van der Waals surface area contributed by atoms with Crippen LogP contribution in [-0.4, -0.2) is 20.8 Å². The van der Waals surface area contributed by atoms with Gasteiger partial charge in [0.25, 0.3) is 5.91 Å². The number of carbonyl (C=O) groups is 1. The molecule has 0 aliphatic rings. The lowest BCUT2D eigenvalue weighted by Gasteiger charge is -2.04. The molecule has 0 aliphatic carbocycles. The zero-order valence-electron chi connectivity index (χ0n) is 7.79. The second-order valence-electron chi connectivity index (χ2n) is 2.93. The van der Waals surface area contributed by atoms with Crippen molar-refractivity contribution < 1.29 is 4.79 Å². The zero-order chi connectivity index (χ0) is 10.7. The quantitative estimate of drug-likeness (QED) is 0.685. The van der Waals surface area contributed by atoms with Gasteiger partial charge in [0.2, 0.25) is 0 Å². The molecule has 1 aromatic heterocycles. The lowest BCUT2D eigenvalue weighted by Crippen LogP contribution is -2.21. The largest absolute Gasteiger partial charge is 0.399 e. The van der Waals surface area contributed by atoms with E-state index in [1.807, 2.05) is 0 Å². The normalized spacial score (nSPS) is 9.87. The van der Waals surface area contributed by atoms with Crippen molar-refractivity contribution in [2.24, 2.45) is 0 Å². The summed E-state index contributed by atoms with van der Waals surface area (Å²) in [5.41, 5.74) is 9.22. The number of nitrogens with zero attached hydrogens (tertiary/aromatic N) is 3. The summed E-state index contributed by atoms with van der Waals surface area (Å²) < 4.78 is 1.37. The highest BCUT2D eigenvalue weighted by Crippen LogP contribution is 2.05. The third-order valence-corrected chi connectivity index (χ3v) is 1.82. The standard InChI is InChI=1S/C9H9N5O/c10-8-3-1-7(2-4-8)9(15)13-14-5-11-12-6-14/h1-6H,10H2,(H,13,15). The first-order valence-corrected chi connectivity index (χ1v) is 4.27. The van der Waals surface area contributed by atoms with Crippen LogP contribution in [0.2, 0.25) is 0 Å². The number of nitrogens with one attached hydrogen (secondary N) is 1. The highest BCUT2D eigenvalue weighted by Gasteiger charge is 2.04. The molecule has 0 bridgehead atoms. The Morgan fingerprint density at radius 1 is 1.20 bits per heavy atom. The molecule has 1 amide bonds. The van der Waals surface area contributed by atoms with Gasteiger partial charge in [-0.1, -0.05) is 0 Å². The molecule has 0 spiro atoms. The fraction of sp³-hybridized carbons (Fsp3) is 0. The molecule has 0 saturated carbocycles. The minimum atomic E-state index is -0.241. The van der Waals surface area contributed by atoms with Crippen LogP contribution in [0.15, 0.2) is 36.9 Å². The summed E-state index contributed by atoms with van der Waals surface area (Å²) in [6, 6.07) is 6.63. The molecular weight excluding hydrogens is 194 g/mol. The van der Waals surface area contributed by atoms with Gasteiger partial charge >= 0.3 is 0 Å². The van der Waals surface area contributed by atoms with E-state index in [-0.39, 0.29) is 5.91 Å². The van der Waals surface area contributed by atoms with Crippen molar-refractivity contribution in [1.82, 2.24) is 14.9 Å². The summed E-state index contributed by atoms with van der Waals surface area (Å²) in [4.78, 5) is 11.6. The van der Waals surface area contributed by atoms with Gasteiger partial charge in [-0.2, -0.15) is 0 Å². The molecule has 1 heterocycles. The highest BCUT2D eigenvalue weighted by molar-refractivity contribution is 6.00. The van der Waals surface area contributed by atoms with Crippen molar-refractivity contribution in [3.8, 4) is 0 Å². The fourth-order valence-electron chi connectivity index (χ4n) is 1.07. The average molecular weight is 203 g/mol. The molecule has 3 N–H and O–H groups in total. The van der Waals surface area contributed by atoms with Gasteiger partial charge in [-0.25, -0.2) is 4.68 Å². The molecule has 2 rings (SSSR count). The average Bonchev–Trinajstić information content (AvgIpc) is 2.71. The van der Waals surface area contributed by atoms with Crippen molar-refractivity contribution in [3.63, 3.8) is 0 Å². The van der Waals surface area contributed by atoms with Gasteiger partial charge in [0.1, 0.15) is 12.7 Å². The topological polar surface area (TPSA) is 85.8 Å². The Kier molecular flexibility index (Phi) is 2.32. The van der Waals surface area contributed by atoms with Crippen LogP contribution in [0, 0.1) is 0 Å². The Morgan fingerprint density at radius 2 is 1.80 bits per heavy atom. The first kappa shape index (κ1) is 9.20. The fourth-order valence-corrected chi connectivity index (χ4v) is 1.07. The minimum absolute atomic E-state index is 0.241. The molecule has 0 aliphatic heterocycles. The van der Waals surface area contributed by atoms with Gasteiger partial charge in [0.05, 0.1) is 0 Å². The first-order chi connectivity index (χ1) is 7.25. The molecule has 6 heteroatoms. The molecule has 0 saturated heterocycles. The van der Waals surface area contributed by atoms with Crippen molar-refractivity contribution in [1.29, 1.82) is 0 Å². The summed E-state index contributed by atoms with van der Waals surface area (Å²) in [5, 5.41) is 7.12. The second kappa shape index (κ2) is 3.79. The smallest absolute Gasteiger partial charge is 0.270 e. The second-order valence-corrected chi connectivity index (χ2v) is 2.93. The Hall–Kier alpha value is -2.37. The predicted molar refractivity (Wildman–Crippen MR) is 54.6 cm³/mol. The number of anilines is 1. The third-order valence-electron chi connectivity index (χ3n) is 1.82. The zero-order valence-corrected chi connectivity index (χ0v) is 7.79. The molecule has 0 atom stereocenters. The van der Waals surface area contributed by atoms with Crippen LogP contribution < -0.4 is 11.2 Å². The van der Waals surface area contributed by atoms with Gasteiger partial charge in [-0.15, -0.1) is 10.2 Å². The van der Waals surface area contributed by atoms with Crippen LogP contribution in [0.1, 0.15) is 10.4 Å². The summed E-state index contributed by atoms with van der Waals surface area (Å²) >= 11 is 0. The molecule has 0 fully saturated rings. The van der Waals surface area contributed by atoms with E-state index in [1.165, 1.54) is 17.3 Å². The van der Waals surface area contributed by atoms with Crippen molar-refractivity contribution >= 4 is 11.6 Å². The number of hydrogen-bond donors (Lipinski definition) is 2. The number of amides is 1. The SMILES string of the molecule is Nc1ccc(C(=O)Nn2cnnc2)cc1. The van der Waals surface area contributed by atoms with Crippen LogP contribution in [0.5, 0.6) is 0 Å². The Bertz CT molecular complexity index is 448. The van der Waals surface area contributed by atoms with Gasteiger partial charge in [0.15, 0.2) is 0 Å². The molecule has 15 heavy (non-hydrogen) atoms. The maximum absolute atomic E-state index is 11.6. The molecule has 0 radical (unpaired) electrons. The molecule has 2 aromatic rings. The monoisotopic (exact) mass is 203 g/mol. The predicted octanol–water partition coefficient (Wildman–Crippen LogP) is 0.244. The maximum atomic E-state index is 11.6. The van der Waals surface area contributed by atoms with E-state index >= 15 is 0 Å². The summed E-state index contributed by atoms with van der Waals surface area (Å²) in [6.07, 6.45) is 2.80. The lowest BCUT2D eigenvalue weighted by molar-refractivity contribution is 0.101. The van der Waals surface area contributed by atoms with Crippen LogP contribution >= 0.6 is 0 Å². The third kappa shape index (κ3) is 2.11. The van der Waals surface area contributed by atoms with Crippen LogP contribution in [-0.2, 0) is 0 Å². The van der Waals surface area contributed by atoms with Crippen LogP contribution in [0.4, 0.5) is 5.69 Å². The van der Waals surface area contributed by atoms with Crippen LogP contribution in [0.3, 0.4) is 0 Å². The lowest BCUT2D eigenvalue weighted by atomic mass is 10.2. The van der Waals surface area contributed by atoms with E-state index in [2.05, 4.69) is 15.6 Å². The number of carbonyl (C=O) groups excluding carboxylic acids is 1. The number of hydrogen-bond acceptors (Lipinski definition) is 4. The number of nitrogens with two attached hydrogens (primary N) is 1. The van der Waals surface area contributed by atoms with Crippen molar-refractivity contribution in [2.45, 2.75) is 0 Å². The van der Waals surface area contributed by atoms with Crippen molar-refractivity contribution in [2.75, 3.05) is 11.2 Å². The summed E-state index contributed by atoms with van der Waals surface area (Å²) in [7, 11) is 0. The summed E-state index contributed by atoms with van der Waals surface area (Å²) in [6.45, 7) is 0. The van der Waals surface area contributed by atoms with E-state index in [1.54, 1.807) is 24.3 Å². The van der Waals surface area contributed by atoms with E-state index in [4.69, 9.17) is 5.73 Å². The molecule has 1 aromatic carbocycles. The first-order valence-electron chi connectivity index (χ1n) is 4.27. The molecule has 0 unspecified atom stereocenters. The van der Waals surface area contributed by atoms with Gasteiger partial charge in [-0.3, -0.25) is 10.2 Å². The summed E-state index contributed by atoms with van der Waals surface area (Å²) in [5.74, 6) is -0.241. The van der Waals surface area contributed by atoms with Gasteiger partial charge in [-0.05, 0) is 24.3 Å². The number of benzene rings is 1. The Balaban J connectivity index is 2.11.